The van der Waals surface area contributed by atoms with Gasteiger partial charge in [0.25, 0.3) is 0 Å². The van der Waals surface area contributed by atoms with Crippen molar-refractivity contribution in [2.75, 3.05) is 5.88 Å². The van der Waals surface area contributed by atoms with Crippen molar-refractivity contribution in [1.29, 1.82) is 5.26 Å². The highest BCUT2D eigenvalue weighted by atomic mass is 35.5. The van der Waals surface area contributed by atoms with E-state index in [9.17, 15) is 0 Å². The third kappa shape index (κ3) is 1.72. The molecule has 0 aliphatic heterocycles. The molecule has 0 radical (unpaired) electrons. The molecule has 0 atom stereocenters. The highest BCUT2D eigenvalue weighted by molar-refractivity contribution is 6.17. The van der Waals surface area contributed by atoms with Gasteiger partial charge in [-0.1, -0.05) is 0 Å². The number of alkyl halides is 1. The van der Waals surface area contributed by atoms with Crippen LogP contribution in [0.2, 0.25) is 0 Å². The largest absolute Gasteiger partial charge is 0.270 e. The Morgan fingerprint density at radius 1 is 1.82 bits per heavy atom. The molecular weight excluding hydrogens is 162 g/mol. The van der Waals surface area contributed by atoms with Gasteiger partial charge in [-0.05, 0) is 6.92 Å². The Morgan fingerprint density at radius 2 is 2.55 bits per heavy atom. The quantitative estimate of drug-likeness (QED) is 0.627. The van der Waals surface area contributed by atoms with Crippen LogP contribution in [0, 0.1) is 18.3 Å². The fourth-order valence-corrected chi connectivity index (χ4v) is 1.00. The van der Waals surface area contributed by atoms with E-state index in [0.717, 1.165) is 5.69 Å². The zero-order chi connectivity index (χ0) is 8.27. The zero-order valence-corrected chi connectivity index (χ0v) is 6.97. The molecule has 0 aliphatic rings. The van der Waals surface area contributed by atoms with Gasteiger partial charge < -0.3 is 0 Å². The van der Waals surface area contributed by atoms with Crippen LogP contribution in [-0.4, -0.2) is 15.7 Å². The lowest BCUT2D eigenvalue weighted by Gasteiger charge is -1.92. The standard InChI is InChI=1S/C7H8ClN3/c1-6-7(4-9)5-11(10-6)3-2-8/h5H,2-3H2,1H3. The first kappa shape index (κ1) is 8.09. The Morgan fingerprint density at radius 3 is 3.00 bits per heavy atom. The zero-order valence-electron chi connectivity index (χ0n) is 6.21. The Balaban J connectivity index is 2.89. The average Bonchev–Trinajstić information content (AvgIpc) is 2.32. The van der Waals surface area contributed by atoms with Gasteiger partial charge in [-0.25, -0.2) is 0 Å². The number of nitriles is 1. The van der Waals surface area contributed by atoms with E-state index < -0.39 is 0 Å². The van der Waals surface area contributed by atoms with E-state index in [4.69, 9.17) is 16.9 Å². The van der Waals surface area contributed by atoms with Crippen molar-refractivity contribution in [3.8, 4) is 6.07 Å². The summed E-state index contributed by atoms with van der Waals surface area (Å²) in [5.41, 5.74) is 1.38. The summed E-state index contributed by atoms with van der Waals surface area (Å²) < 4.78 is 1.68. The number of halogens is 1. The highest BCUT2D eigenvalue weighted by Gasteiger charge is 2.01. The molecule has 1 aromatic heterocycles. The number of hydrogen-bond donors (Lipinski definition) is 0. The predicted molar refractivity (Wildman–Crippen MR) is 42.4 cm³/mol. The van der Waals surface area contributed by atoms with Gasteiger partial charge in [0.05, 0.1) is 17.8 Å². The average molecular weight is 170 g/mol. The summed E-state index contributed by atoms with van der Waals surface area (Å²) in [6.45, 7) is 2.47. The number of nitrogens with zero attached hydrogens (tertiary/aromatic N) is 3. The number of aryl methyl sites for hydroxylation is 2. The van der Waals surface area contributed by atoms with Gasteiger partial charge in [0.1, 0.15) is 6.07 Å². The van der Waals surface area contributed by atoms with E-state index in [1.165, 1.54) is 0 Å². The Bertz CT molecular complexity index is 284. The molecule has 4 heteroatoms. The third-order valence-electron chi connectivity index (χ3n) is 1.38. The molecule has 58 valence electrons. The van der Waals surface area contributed by atoms with Gasteiger partial charge in [0.15, 0.2) is 0 Å². The van der Waals surface area contributed by atoms with Crippen LogP contribution in [0.5, 0.6) is 0 Å². The van der Waals surface area contributed by atoms with Crippen LogP contribution in [0.15, 0.2) is 6.20 Å². The van der Waals surface area contributed by atoms with Crippen molar-refractivity contribution in [3.05, 3.63) is 17.5 Å². The minimum Gasteiger partial charge on any atom is -0.270 e. The molecule has 1 aromatic rings. The first-order valence-corrected chi connectivity index (χ1v) is 3.81. The summed E-state index contributed by atoms with van der Waals surface area (Å²) in [6, 6.07) is 2.05. The molecule has 0 saturated carbocycles. The molecular formula is C7H8ClN3. The lowest BCUT2D eigenvalue weighted by atomic mass is 10.3. The molecule has 1 heterocycles. The summed E-state index contributed by atoms with van der Waals surface area (Å²) in [5.74, 6) is 0.520. The van der Waals surface area contributed by atoms with Crippen molar-refractivity contribution in [2.45, 2.75) is 13.5 Å². The lowest BCUT2D eigenvalue weighted by Crippen LogP contribution is -1.98. The molecule has 11 heavy (non-hydrogen) atoms. The maximum atomic E-state index is 8.56. The van der Waals surface area contributed by atoms with E-state index >= 15 is 0 Å². The van der Waals surface area contributed by atoms with Gasteiger partial charge >= 0.3 is 0 Å². The minimum atomic E-state index is 0.520. The van der Waals surface area contributed by atoms with Crippen LogP contribution in [0.25, 0.3) is 0 Å². The second-order valence-electron chi connectivity index (χ2n) is 2.19. The topological polar surface area (TPSA) is 41.6 Å². The number of aromatic nitrogens is 2. The van der Waals surface area contributed by atoms with Crippen molar-refractivity contribution in [1.82, 2.24) is 9.78 Å². The maximum Gasteiger partial charge on any atom is 0.103 e. The first-order valence-electron chi connectivity index (χ1n) is 3.28. The van der Waals surface area contributed by atoms with Crippen LogP contribution >= 0.6 is 11.6 Å². The molecule has 0 bridgehead atoms. The summed E-state index contributed by atoms with van der Waals surface area (Å²) >= 11 is 5.50. The molecule has 0 N–H and O–H groups in total. The van der Waals surface area contributed by atoms with E-state index in [1.807, 2.05) is 13.0 Å². The molecule has 0 aromatic carbocycles. The molecule has 0 spiro atoms. The van der Waals surface area contributed by atoms with Crippen LogP contribution in [-0.2, 0) is 6.54 Å². The molecule has 3 nitrogen and oxygen atoms in total. The van der Waals surface area contributed by atoms with E-state index in [1.54, 1.807) is 10.9 Å². The lowest BCUT2D eigenvalue weighted by molar-refractivity contribution is 0.657. The van der Waals surface area contributed by atoms with Crippen molar-refractivity contribution in [3.63, 3.8) is 0 Å². The van der Waals surface area contributed by atoms with E-state index in [0.29, 0.717) is 18.0 Å². The van der Waals surface area contributed by atoms with Crippen molar-refractivity contribution < 1.29 is 0 Å². The van der Waals surface area contributed by atoms with Crippen LogP contribution in [0.4, 0.5) is 0 Å². The monoisotopic (exact) mass is 169 g/mol. The Labute approximate surface area is 70.2 Å². The number of rotatable bonds is 2. The second kappa shape index (κ2) is 3.40. The highest BCUT2D eigenvalue weighted by Crippen LogP contribution is 2.02. The molecule has 1 rings (SSSR count). The van der Waals surface area contributed by atoms with Crippen LogP contribution in [0.1, 0.15) is 11.3 Å². The van der Waals surface area contributed by atoms with E-state index in [-0.39, 0.29) is 0 Å². The SMILES string of the molecule is Cc1nn(CCCl)cc1C#N. The van der Waals surface area contributed by atoms with Gasteiger partial charge in [0.2, 0.25) is 0 Å². The van der Waals surface area contributed by atoms with Gasteiger partial charge in [-0.3, -0.25) is 4.68 Å². The summed E-state index contributed by atoms with van der Waals surface area (Å²) in [4.78, 5) is 0. The summed E-state index contributed by atoms with van der Waals surface area (Å²) in [6.07, 6.45) is 1.71. The molecule has 0 fully saturated rings. The van der Waals surface area contributed by atoms with Crippen LogP contribution < -0.4 is 0 Å². The van der Waals surface area contributed by atoms with Gasteiger partial charge in [-0.2, -0.15) is 10.4 Å². The summed E-state index contributed by atoms with van der Waals surface area (Å²) in [5, 5.41) is 12.6. The fourth-order valence-electron chi connectivity index (χ4n) is 0.829. The minimum absolute atomic E-state index is 0.520. The van der Waals surface area contributed by atoms with Crippen molar-refractivity contribution in [2.24, 2.45) is 0 Å². The van der Waals surface area contributed by atoms with Gasteiger partial charge in [-0.15, -0.1) is 11.6 Å². The Hall–Kier alpha value is -1.01. The normalized spacial score (nSPS) is 9.55. The maximum absolute atomic E-state index is 8.56. The predicted octanol–water partition coefficient (Wildman–Crippen LogP) is 1.30. The fraction of sp³-hybridized carbons (Fsp3) is 0.429. The Kier molecular flexibility index (Phi) is 2.50. The summed E-state index contributed by atoms with van der Waals surface area (Å²) in [7, 11) is 0. The van der Waals surface area contributed by atoms with Gasteiger partial charge in [0, 0.05) is 12.1 Å². The molecule has 0 unspecified atom stereocenters. The smallest absolute Gasteiger partial charge is 0.103 e. The molecule has 0 amide bonds. The van der Waals surface area contributed by atoms with Crippen molar-refractivity contribution >= 4 is 11.6 Å². The molecule has 0 aliphatic carbocycles. The van der Waals surface area contributed by atoms with E-state index in [2.05, 4.69) is 5.10 Å². The first-order chi connectivity index (χ1) is 5.27. The third-order valence-corrected chi connectivity index (χ3v) is 1.55. The number of hydrogen-bond acceptors (Lipinski definition) is 2. The van der Waals surface area contributed by atoms with Crippen LogP contribution in [0.3, 0.4) is 0 Å². The second-order valence-corrected chi connectivity index (χ2v) is 2.57. The molecule has 0 saturated heterocycles.